The van der Waals surface area contributed by atoms with Crippen LogP contribution in [0.1, 0.15) is 29.6 Å². The maximum Gasteiger partial charge on any atom is 0.270 e. The Labute approximate surface area is 129 Å². The predicted molar refractivity (Wildman–Crippen MR) is 78.7 cm³/mol. The summed E-state index contributed by atoms with van der Waals surface area (Å²) in [6, 6.07) is 3.31. The second-order valence-electron chi connectivity index (χ2n) is 4.83. The van der Waals surface area contributed by atoms with Crippen LogP contribution in [0.4, 0.5) is 5.69 Å². The second kappa shape index (κ2) is 6.21. The first kappa shape index (κ1) is 15.4. The zero-order chi connectivity index (χ0) is 15.6. The van der Waals surface area contributed by atoms with Gasteiger partial charge in [-0.1, -0.05) is 0 Å². The number of nitro groups is 1. The molecule has 1 saturated heterocycles. The lowest BCUT2D eigenvalue weighted by atomic mass is 10.00. The fraction of sp³-hybridized carbons (Fsp3) is 0.385. The van der Waals surface area contributed by atoms with E-state index in [0.29, 0.717) is 17.4 Å². The number of hydrogen-bond acceptors (Lipinski definition) is 4. The molecule has 21 heavy (non-hydrogen) atoms. The van der Waals surface area contributed by atoms with Gasteiger partial charge in [-0.15, -0.1) is 0 Å². The largest absolute Gasteiger partial charge is 0.368 e. The van der Waals surface area contributed by atoms with E-state index < -0.39 is 22.8 Å². The quantitative estimate of drug-likeness (QED) is 0.659. The minimum atomic E-state index is -0.655. The molecule has 0 aromatic heterocycles. The van der Waals surface area contributed by atoms with Crippen LogP contribution < -0.4 is 5.73 Å². The van der Waals surface area contributed by atoms with Gasteiger partial charge in [-0.25, -0.2) is 0 Å². The molecule has 7 nitrogen and oxygen atoms in total. The van der Waals surface area contributed by atoms with Gasteiger partial charge in [0.2, 0.25) is 5.91 Å². The van der Waals surface area contributed by atoms with Crippen molar-refractivity contribution in [3.8, 4) is 0 Å². The molecule has 2 N–H and O–H groups in total. The first-order chi connectivity index (χ1) is 9.91. The van der Waals surface area contributed by atoms with Crippen LogP contribution in [0.3, 0.4) is 0 Å². The number of carbonyl (C=O) groups excluding carboxylic acids is 2. The van der Waals surface area contributed by atoms with Crippen molar-refractivity contribution in [3.63, 3.8) is 0 Å². The fourth-order valence-corrected chi connectivity index (χ4v) is 2.83. The van der Waals surface area contributed by atoms with E-state index in [2.05, 4.69) is 15.9 Å². The van der Waals surface area contributed by atoms with Crippen LogP contribution in [0.2, 0.25) is 0 Å². The zero-order valence-corrected chi connectivity index (χ0v) is 12.7. The van der Waals surface area contributed by atoms with Gasteiger partial charge in [-0.05, 0) is 41.3 Å². The Bertz CT molecular complexity index is 605. The predicted octanol–water partition coefficient (Wildman–Crippen LogP) is 1.84. The number of piperidine rings is 1. The Hall–Kier alpha value is -1.96. The van der Waals surface area contributed by atoms with Crippen LogP contribution in [0, 0.1) is 10.1 Å². The number of rotatable bonds is 3. The normalized spacial score (nSPS) is 18.3. The van der Waals surface area contributed by atoms with Gasteiger partial charge in [0, 0.05) is 23.2 Å². The molecule has 8 heteroatoms. The molecule has 0 aliphatic carbocycles. The van der Waals surface area contributed by atoms with Gasteiger partial charge in [-0.3, -0.25) is 19.7 Å². The summed E-state index contributed by atoms with van der Waals surface area (Å²) in [6.07, 6.45) is 2.13. The van der Waals surface area contributed by atoms with Gasteiger partial charge in [0.15, 0.2) is 0 Å². The van der Waals surface area contributed by atoms with Gasteiger partial charge in [-0.2, -0.15) is 0 Å². The third kappa shape index (κ3) is 3.21. The minimum absolute atomic E-state index is 0.164. The number of primary amides is 1. The van der Waals surface area contributed by atoms with E-state index in [-0.39, 0.29) is 11.3 Å². The summed E-state index contributed by atoms with van der Waals surface area (Å²) in [6.45, 7) is 0.418. The highest BCUT2D eigenvalue weighted by molar-refractivity contribution is 9.10. The van der Waals surface area contributed by atoms with E-state index in [9.17, 15) is 19.7 Å². The lowest BCUT2D eigenvalue weighted by molar-refractivity contribution is -0.384. The Kier molecular flexibility index (Phi) is 4.56. The first-order valence-corrected chi connectivity index (χ1v) is 7.25. The number of halogens is 1. The number of non-ortho nitro benzene ring substituents is 1. The van der Waals surface area contributed by atoms with E-state index in [4.69, 9.17) is 5.73 Å². The Morgan fingerprint density at radius 3 is 2.71 bits per heavy atom. The third-order valence-corrected chi connectivity index (χ3v) is 4.17. The maximum absolute atomic E-state index is 12.6. The molecule has 2 amide bonds. The average molecular weight is 356 g/mol. The van der Waals surface area contributed by atoms with Gasteiger partial charge < -0.3 is 10.6 Å². The molecule has 0 bridgehead atoms. The number of nitrogens with two attached hydrogens (primary N) is 1. The van der Waals surface area contributed by atoms with Crippen molar-refractivity contribution in [2.24, 2.45) is 5.73 Å². The molecule has 2 rings (SSSR count). The molecule has 1 aromatic carbocycles. The summed E-state index contributed by atoms with van der Waals surface area (Å²) in [5, 5.41) is 10.8. The SMILES string of the molecule is NC(=O)C1CCCCN1C(=O)c1cc([N+](=O)[O-])ccc1Br. The lowest BCUT2D eigenvalue weighted by Gasteiger charge is -2.33. The molecular weight excluding hydrogens is 342 g/mol. The van der Waals surface area contributed by atoms with Gasteiger partial charge in [0.25, 0.3) is 11.6 Å². The topological polar surface area (TPSA) is 107 Å². The van der Waals surface area contributed by atoms with Crippen molar-refractivity contribution >= 4 is 33.4 Å². The number of likely N-dealkylation sites (tertiary alicyclic amines) is 1. The molecule has 0 spiro atoms. The smallest absolute Gasteiger partial charge is 0.270 e. The summed E-state index contributed by atoms with van der Waals surface area (Å²) in [5.74, 6) is -0.973. The first-order valence-electron chi connectivity index (χ1n) is 6.46. The zero-order valence-electron chi connectivity index (χ0n) is 11.1. The molecule has 1 unspecified atom stereocenters. The van der Waals surface area contributed by atoms with E-state index in [1.807, 2.05) is 0 Å². The summed E-state index contributed by atoms with van der Waals surface area (Å²) in [5.41, 5.74) is 5.33. The molecule has 1 atom stereocenters. The lowest BCUT2D eigenvalue weighted by Crippen LogP contribution is -2.50. The number of nitro benzene ring substituents is 1. The van der Waals surface area contributed by atoms with Crippen LogP contribution >= 0.6 is 15.9 Å². The van der Waals surface area contributed by atoms with Crippen molar-refractivity contribution < 1.29 is 14.5 Å². The maximum atomic E-state index is 12.6. The second-order valence-corrected chi connectivity index (χ2v) is 5.69. The highest BCUT2D eigenvalue weighted by Gasteiger charge is 2.32. The van der Waals surface area contributed by atoms with Crippen LogP contribution in [0.5, 0.6) is 0 Å². The van der Waals surface area contributed by atoms with Crippen molar-refractivity contribution in [2.45, 2.75) is 25.3 Å². The van der Waals surface area contributed by atoms with Crippen LogP contribution in [-0.4, -0.2) is 34.2 Å². The molecule has 112 valence electrons. The van der Waals surface area contributed by atoms with Crippen LogP contribution in [0.15, 0.2) is 22.7 Å². The highest BCUT2D eigenvalue weighted by atomic mass is 79.9. The average Bonchev–Trinajstić information content (AvgIpc) is 2.46. The van der Waals surface area contributed by atoms with Gasteiger partial charge >= 0.3 is 0 Å². The molecular formula is C13H14BrN3O4. The Morgan fingerprint density at radius 2 is 2.10 bits per heavy atom. The molecule has 1 aromatic rings. The van der Waals surface area contributed by atoms with Crippen molar-refractivity contribution in [3.05, 3.63) is 38.3 Å². The standard InChI is InChI=1S/C13H14BrN3O4/c14-10-5-4-8(17(20)21)7-9(10)13(19)16-6-2-1-3-11(16)12(15)18/h4-5,7,11H,1-3,6H2,(H2,15,18). The highest BCUT2D eigenvalue weighted by Crippen LogP contribution is 2.26. The van der Waals surface area contributed by atoms with Crippen LogP contribution in [0.25, 0.3) is 0 Å². The molecule has 1 aliphatic rings. The number of carbonyl (C=O) groups is 2. The van der Waals surface area contributed by atoms with Gasteiger partial charge in [0.1, 0.15) is 6.04 Å². The number of nitrogens with zero attached hydrogens (tertiary/aromatic N) is 2. The van der Waals surface area contributed by atoms with Crippen molar-refractivity contribution in [1.82, 2.24) is 4.90 Å². The van der Waals surface area contributed by atoms with Crippen molar-refractivity contribution in [1.29, 1.82) is 0 Å². The van der Waals surface area contributed by atoms with E-state index in [1.165, 1.54) is 23.1 Å². The summed E-state index contributed by atoms with van der Waals surface area (Å²) < 4.78 is 0.451. The third-order valence-electron chi connectivity index (χ3n) is 3.48. The van der Waals surface area contributed by atoms with E-state index >= 15 is 0 Å². The van der Waals surface area contributed by atoms with Crippen molar-refractivity contribution in [2.75, 3.05) is 6.54 Å². The number of benzene rings is 1. The molecule has 0 saturated carbocycles. The van der Waals surface area contributed by atoms with Gasteiger partial charge in [0.05, 0.1) is 10.5 Å². The Balaban J connectivity index is 2.36. The summed E-state index contributed by atoms with van der Waals surface area (Å²) in [7, 11) is 0. The van der Waals surface area contributed by atoms with E-state index in [1.54, 1.807) is 0 Å². The van der Waals surface area contributed by atoms with E-state index in [0.717, 1.165) is 12.8 Å². The number of amides is 2. The summed E-state index contributed by atoms with van der Waals surface area (Å²) >= 11 is 3.22. The molecule has 0 radical (unpaired) electrons. The van der Waals surface area contributed by atoms with Crippen LogP contribution in [-0.2, 0) is 4.79 Å². The fourth-order valence-electron chi connectivity index (χ4n) is 2.42. The Morgan fingerprint density at radius 1 is 1.38 bits per heavy atom. The summed E-state index contributed by atoms with van der Waals surface area (Å²) in [4.78, 5) is 35.7. The minimum Gasteiger partial charge on any atom is -0.368 e. The molecule has 1 aliphatic heterocycles. The number of hydrogen-bond donors (Lipinski definition) is 1. The molecule has 1 heterocycles. The molecule has 1 fully saturated rings. The monoisotopic (exact) mass is 355 g/mol.